The van der Waals surface area contributed by atoms with Crippen LogP contribution in [0.4, 0.5) is 11.4 Å². The molecule has 0 aromatic heterocycles. The number of hydrogen-bond donors (Lipinski definition) is 1. The highest BCUT2D eigenvalue weighted by Crippen LogP contribution is 2.34. The summed E-state index contributed by atoms with van der Waals surface area (Å²) in [4.78, 5) is 40.6. The van der Waals surface area contributed by atoms with Gasteiger partial charge in [0.1, 0.15) is 5.70 Å². The van der Waals surface area contributed by atoms with Gasteiger partial charge in [-0.15, -0.1) is 6.58 Å². The summed E-state index contributed by atoms with van der Waals surface area (Å²) in [7, 11) is 0. The second-order valence-corrected chi connectivity index (χ2v) is 6.57. The number of carbonyl (C=O) groups excluding carboxylic acids is 3. The van der Waals surface area contributed by atoms with Crippen LogP contribution in [0.15, 0.2) is 72.9 Å². The monoisotopic (exact) mass is 389 g/mol. The molecule has 6 nitrogen and oxygen atoms in total. The number of nitrogens with one attached hydrogen (secondary N) is 1. The Hall–Kier alpha value is -3.67. The average molecular weight is 389 g/mol. The predicted octanol–water partition coefficient (Wildman–Crippen LogP) is 3.44. The van der Waals surface area contributed by atoms with Crippen molar-refractivity contribution in [2.45, 2.75) is 13.8 Å². The van der Waals surface area contributed by atoms with Gasteiger partial charge in [0.05, 0.1) is 5.57 Å². The Morgan fingerprint density at radius 3 is 2.28 bits per heavy atom. The molecule has 3 amide bonds. The van der Waals surface area contributed by atoms with Crippen LogP contribution in [-0.2, 0) is 14.4 Å². The van der Waals surface area contributed by atoms with E-state index in [9.17, 15) is 14.4 Å². The van der Waals surface area contributed by atoms with Gasteiger partial charge in [-0.25, -0.2) is 0 Å². The van der Waals surface area contributed by atoms with E-state index in [1.807, 2.05) is 42.2 Å². The Balaban J connectivity index is 2.13. The summed E-state index contributed by atoms with van der Waals surface area (Å²) < 4.78 is 0. The molecular weight excluding hydrogens is 366 g/mol. The smallest absolute Gasteiger partial charge is 0.278 e. The minimum absolute atomic E-state index is 0.140. The van der Waals surface area contributed by atoms with Crippen LogP contribution in [-0.4, -0.2) is 35.7 Å². The molecule has 1 N–H and O–H groups in total. The molecule has 29 heavy (non-hydrogen) atoms. The third-order valence-electron chi connectivity index (χ3n) is 4.60. The van der Waals surface area contributed by atoms with Gasteiger partial charge >= 0.3 is 0 Å². The van der Waals surface area contributed by atoms with Crippen LogP contribution in [0.3, 0.4) is 0 Å². The fraction of sp³-hybridized carbons (Fsp3) is 0.174. The maximum Gasteiger partial charge on any atom is 0.278 e. The van der Waals surface area contributed by atoms with Crippen LogP contribution in [0.25, 0.3) is 5.57 Å². The van der Waals surface area contributed by atoms with E-state index in [1.165, 1.54) is 17.9 Å². The third kappa shape index (κ3) is 3.96. The van der Waals surface area contributed by atoms with Gasteiger partial charge in [0, 0.05) is 31.4 Å². The van der Waals surface area contributed by atoms with Crippen molar-refractivity contribution in [2.75, 3.05) is 23.3 Å². The lowest BCUT2D eigenvalue weighted by molar-refractivity contribution is -0.136. The number of hydrogen-bond acceptors (Lipinski definition) is 4. The molecule has 0 fully saturated rings. The molecule has 2 aromatic rings. The van der Waals surface area contributed by atoms with Crippen molar-refractivity contribution in [2.24, 2.45) is 0 Å². The standard InChI is InChI=1S/C23H23N3O3/c1-4-15-26-22(28)20(17-11-13-18(14-12-17)24-16(3)27)21(23(26)29)25(5-2)19-9-7-6-8-10-19/h4,6-14H,1,5,15H2,2-3H3,(H,24,27). The van der Waals surface area contributed by atoms with Crippen LogP contribution >= 0.6 is 0 Å². The zero-order valence-corrected chi connectivity index (χ0v) is 16.5. The fourth-order valence-electron chi connectivity index (χ4n) is 3.37. The van der Waals surface area contributed by atoms with E-state index in [-0.39, 0.29) is 24.3 Å². The van der Waals surface area contributed by atoms with Gasteiger partial charge in [-0.3, -0.25) is 19.3 Å². The fourth-order valence-corrected chi connectivity index (χ4v) is 3.37. The van der Waals surface area contributed by atoms with Gasteiger partial charge < -0.3 is 10.2 Å². The topological polar surface area (TPSA) is 69.7 Å². The van der Waals surface area contributed by atoms with E-state index in [0.717, 1.165) is 5.69 Å². The van der Waals surface area contributed by atoms with Crippen LogP contribution in [0.2, 0.25) is 0 Å². The Labute approximate surface area is 170 Å². The molecule has 148 valence electrons. The maximum absolute atomic E-state index is 13.2. The highest BCUT2D eigenvalue weighted by molar-refractivity contribution is 6.36. The average Bonchev–Trinajstić information content (AvgIpc) is 2.95. The molecule has 0 bridgehead atoms. The van der Waals surface area contributed by atoms with Crippen molar-refractivity contribution < 1.29 is 14.4 Å². The van der Waals surface area contributed by atoms with E-state index in [2.05, 4.69) is 11.9 Å². The highest BCUT2D eigenvalue weighted by atomic mass is 16.2. The molecule has 0 unspecified atom stereocenters. The Bertz CT molecular complexity index is 978. The number of rotatable bonds is 7. The van der Waals surface area contributed by atoms with Gasteiger partial charge in [-0.2, -0.15) is 0 Å². The molecule has 0 radical (unpaired) electrons. The lowest BCUT2D eigenvalue weighted by atomic mass is 10.0. The number of amides is 3. The molecular formula is C23H23N3O3. The van der Waals surface area contributed by atoms with E-state index in [0.29, 0.717) is 29.1 Å². The van der Waals surface area contributed by atoms with E-state index >= 15 is 0 Å². The maximum atomic E-state index is 13.2. The first-order chi connectivity index (χ1) is 14.0. The van der Waals surface area contributed by atoms with Crippen LogP contribution in [0.1, 0.15) is 19.4 Å². The summed E-state index contributed by atoms with van der Waals surface area (Å²) in [6.45, 7) is 7.69. The summed E-state index contributed by atoms with van der Waals surface area (Å²) in [5.41, 5.74) is 2.76. The van der Waals surface area contributed by atoms with E-state index < -0.39 is 0 Å². The Morgan fingerprint density at radius 2 is 1.72 bits per heavy atom. The summed E-state index contributed by atoms with van der Waals surface area (Å²) in [6, 6.07) is 16.4. The molecule has 2 aromatic carbocycles. The van der Waals surface area contributed by atoms with Crippen molar-refractivity contribution in [3.8, 4) is 0 Å². The van der Waals surface area contributed by atoms with Crippen LogP contribution in [0, 0.1) is 0 Å². The number of para-hydroxylation sites is 1. The zero-order chi connectivity index (χ0) is 21.0. The van der Waals surface area contributed by atoms with Crippen molar-refractivity contribution in [1.82, 2.24) is 4.90 Å². The number of anilines is 2. The Morgan fingerprint density at radius 1 is 1.07 bits per heavy atom. The Kier molecular flexibility index (Phi) is 5.93. The summed E-state index contributed by atoms with van der Waals surface area (Å²) in [5, 5.41) is 2.70. The van der Waals surface area contributed by atoms with Crippen molar-refractivity contribution in [3.63, 3.8) is 0 Å². The molecule has 0 saturated carbocycles. The first kappa shape index (κ1) is 20.1. The lowest BCUT2D eigenvalue weighted by Gasteiger charge is -2.24. The number of carbonyl (C=O) groups is 3. The summed E-state index contributed by atoms with van der Waals surface area (Å²) in [5.74, 6) is -0.878. The number of nitrogens with zero attached hydrogens (tertiary/aromatic N) is 2. The minimum Gasteiger partial charge on any atom is -0.337 e. The molecule has 1 aliphatic rings. The van der Waals surface area contributed by atoms with Gasteiger partial charge in [0.15, 0.2) is 0 Å². The molecule has 1 heterocycles. The summed E-state index contributed by atoms with van der Waals surface area (Å²) in [6.07, 6.45) is 1.54. The first-order valence-corrected chi connectivity index (χ1v) is 9.39. The van der Waals surface area contributed by atoms with Gasteiger partial charge in [0.25, 0.3) is 11.8 Å². The van der Waals surface area contributed by atoms with Gasteiger partial charge in [0.2, 0.25) is 5.91 Å². The quantitative estimate of drug-likeness (QED) is 0.582. The normalized spacial score (nSPS) is 13.7. The van der Waals surface area contributed by atoms with E-state index in [4.69, 9.17) is 0 Å². The van der Waals surface area contributed by atoms with Gasteiger partial charge in [-0.05, 0) is 36.8 Å². The lowest BCUT2D eigenvalue weighted by Crippen LogP contribution is -2.35. The second-order valence-electron chi connectivity index (χ2n) is 6.57. The van der Waals surface area contributed by atoms with Crippen molar-refractivity contribution >= 4 is 34.7 Å². The number of likely N-dealkylation sites (N-methyl/N-ethyl adjacent to an activating group) is 1. The number of benzene rings is 2. The predicted molar refractivity (Wildman–Crippen MR) is 114 cm³/mol. The first-order valence-electron chi connectivity index (χ1n) is 9.39. The largest absolute Gasteiger partial charge is 0.337 e. The van der Waals surface area contributed by atoms with Crippen molar-refractivity contribution in [3.05, 3.63) is 78.5 Å². The molecule has 6 heteroatoms. The minimum atomic E-state index is -0.355. The molecule has 0 atom stereocenters. The summed E-state index contributed by atoms with van der Waals surface area (Å²) >= 11 is 0. The number of imide groups is 1. The molecule has 3 rings (SSSR count). The van der Waals surface area contributed by atoms with Crippen LogP contribution in [0.5, 0.6) is 0 Å². The third-order valence-corrected chi connectivity index (χ3v) is 4.60. The van der Waals surface area contributed by atoms with Crippen LogP contribution < -0.4 is 10.2 Å². The molecule has 0 aliphatic carbocycles. The molecule has 0 spiro atoms. The second kappa shape index (κ2) is 8.56. The SMILES string of the molecule is C=CCN1C(=O)C(c2ccc(NC(C)=O)cc2)=C(N(CC)c2ccccc2)C1=O. The molecule has 1 aliphatic heterocycles. The van der Waals surface area contributed by atoms with E-state index in [1.54, 1.807) is 24.3 Å². The molecule has 0 saturated heterocycles. The zero-order valence-electron chi connectivity index (χ0n) is 16.5. The highest BCUT2D eigenvalue weighted by Gasteiger charge is 2.41. The van der Waals surface area contributed by atoms with Gasteiger partial charge in [-0.1, -0.05) is 36.4 Å². The van der Waals surface area contributed by atoms with Crippen molar-refractivity contribution in [1.29, 1.82) is 0 Å².